The molecule has 1 N–H and O–H groups in total. The highest BCUT2D eigenvalue weighted by Gasteiger charge is 2.40. The number of carbonyl (C=O) groups is 2. The number of carbonyl (C=O) groups excluding carboxylic acids is 2. The summed E-state index contributed by atoms with van der Waals surface area (Å²) in [6, 6.07) is 8.80. The second-order valence-corrected chi connectivity index (χ2v) is 6.20. The number of para-hydroxylation sites is 1. The van der Waals surface area contributed by atoms with Crippen LogP contribution in [0.2, 0.25) is 0 Å². The first-order valence-electron chi connectivity index (χ1n) is 8.16. The first kappa shape index (κ1) is 17.0. The van der Waals surface area contributed by atoms with E-state index in [2.05, 4.69) is 10.4 Å². The molecule has 0 spiro atoms. The van der Waals surface area contributed by atoms with Gasteiger partial charge in [0.05, 0.1) is 31.3 Å². The Kier molecular flexibility index (Phi) is 4.74. The number of aromatic nitrogens is 2. The van der Waals surface area contributed by atoms with Crippen LogP contribution in [0.5, 0.6) is 5.75 Å². The van der Waals surface area contributed by atoms with Gasteiger partial charge >= 0.3 is 0 Å². The fourth-order valence-electron chi connectivity index (χ4n) is 3.36. The molecule has 1 aromatic carbocycles. The van der Waals surface area contributed by atoms with Gasteiger partial charge in [0.1, 0.15) is 5.75 Å². The van der Waals surface area contributed by atoms with Gasteiger partial charge in [0.15, 0.2) is 0 Å². The Bertz CT molecular complexity index is 786. The highest BCUT2D eigenvalue weighted by molar-refractivity contribution is 5.84. The maximum Gasteiger partial charge on any atom is 0.225 e. The van der Waals surface area contributed by atoms with Crippen LogP contribution >= 0.6 is 0 Å². The predicted molar refractivity (Wildman–Crippen MR) is 92.0 cm³/mol. The minimum absolute atomic E-state index is 0.00814. The third-order valence-electron chi connectivity index (χ3n) is 4.64. The molecule has 0 bridgehead atoms. The van der Waals surface area contributed by atoms with Gasteiger partial charge in [-0.05, 0) is 12.1 Å². The van der Waals surface area contributed by atoms with Gasteiger partial charge in [-0.25, -0.2) is 0 Å². The Morgan fingerprint density at radius 2 is 2.08 bits per heavy atom. The lowest BCUT2D eigenvalue weighted by Crippen LogP contribution is -2.40. The second kappa shape index (κ2) is 6.96. The van der Waals surface area contributed by atoms with Crippen LogP contribution in [0.25, 0.3) is 0 Å². The minimum Gasteiger partial charge on any atom is -0.496 e. The standard InChI is InChI=1S/C18H22N4O3/c1-21-17(24)11-13(18(21)14-8-9-19-22(14)2)20-16(23)10-12-6-4-5-7-15(12)25-3/h4-9,13,18H,10-11H2,1-3H3,(H,20,23)/t13-,18-/m1/s1. The lowest BCUT2D eigenvalue weighted by Gasteiger charge is -2.25. The van der Waals surface area contributed by atoms with Gasteiger partial charge in [-0.3, -0.25) is 14.3 Å². The molecule has 7 nitrogen and oxygen atoms in total. The zero-order chi connectivity index (χ0) is 18.0. The first-order chi connectivity index (χ1) is 12.0. The molecule has 2 amide bonds. The number of nitrogens with zero attached hydrogens (tertiary/aromatic N) is 3. The van der Waals surface area contributed by atoms with Crippen molar-refractivity contribution in [3.8, 4) is 5.75 Å². The van der Waals surface area contributed by atoms with Crippen molar-refractivity contribution in [3.05, 3.63) is 47.8 Å². The second-order valence-electron chi connectivity index (χ2n) is 6.20. The maximum atomic E-state index is 12.5. The summed E-state index contributed by atoms with van der Waals surface area (Å²) < 4.78 is 7.03. The number of methoxy groups -OCH3 is 1. The molecule has 7 heteroatoms. The van der Waals surface area contributed by atoms with Crippen LogP contribution in [-0.4, -0.2) is 46.7 Å². The molecule has 2 aromatic rings. The van der Waals surface area contributed by atoms with Gasteiger partial charge in [-0.15, -0.1) is 0 Å². The van der Waals surface area contributed by atoms with Gasteiger partial charge in [0, 0.05) is 32.3 Å². The monoisotopic (exact) mass is 342 g/mol. The van der Waals surface area contributed by atoms with Crippen molar-refractivity contribution < 1.29 is 14.3 Å². The zero-order valence-electron chi connectivity index (χ0n) is 14.6. The van der Waals surface area contributed by atoms with Gasteiger partial charge < -0.3 is 15.0 Å². The summed E-state index contributed by atoms with van der Waals surface area (Å²) in [6.07, 6.45) is 2.18. The molecule has 1 fully saturated rings. The summed E-state index contributed by atoms with van der Waals surface area (Å²) in [5.74, 6) is 0.555. The summed E-state index contributed by atoms with van der Waals surface area (Å²) in [7, 11) is 5.17. The van der Waals surface area contributed by atoms with E-state index in [1.165, 1.54) is 0 Å². The molecular formula is C18H22N4O3. The number of nitrogens with one attached hydrogen (secondary N) is 1. The Labute approximate surface area is 146 Å². The van der Waals surface area contributed by atoms with Crippen molar-refractivity contribution in [2.24, 2.45) is 7.05 Å². The normalized spacial score (nSPS) is 20.0. The Balaban J connectivity index is 1.75. The van der Waals surface area contributed by atoms with Crippen molar-refractivity contribution in [3.63, 3.8) is 0 Å². The number of amides is 2. The van der Waals surface area contributed by atoms with E-state index in [0.29, 0.717) is 5.75 Å². The quantitative estimate of drug-likeness (QED) is 0.881. The van der Waals surface area contributed by atoms with Crippen LogP contribution in [0, 0.1) is 0 Å². The van der Waals surface area contributed by atoms with Crippen LogP contribution in [-0.2, 0) is 23.1 Å². The number of ether oxygens (including phenoxy) is 1. The van der Waals surface area contributed by atoms with Crippen LogP contribution < -0.4 is 10.1 Å². The topological polar surface area (TPSA) is 76.5 Å². The fraction of sp³-hybridized carbons (Fsp3) is 0.389. The molecule has 0 saturated carbocycles. The average molecular weight is 342 g/mol. The van der Waals surface area contributed by atoms with Crippen molar-refractivity contribution in [2.45, 2.75) is 24.9 Å². The number of hydrogen-bond acceptors (Lipinski definition) is 4. The highest BCUT2D eigenvalue weighted by Crippen LogP contribution is 2.31. The Hall–Kier alpha value is -2.83. The average Bonchev–Trinajstić information content (AvgIpc) is 3.11. The highest BCUT2D eigenvalue weighted by atomic mass is 16.5. The molecule has 25 heavy (non-hydrogen) atoms. The van der Waals surface area contributed by atoms with Crippen LogP contribution in [0.15, 0.2) is 36.5 Å². The predicted octanol–water partition coefficient (Wildman–Crippen LogP) is 1.06. The number of hydrogen-bond donors (Lipinski definition) is 1. The van der Waals surface area contributed by atoms with Crippen molar-refractivity contribution in [1.29, 1.82) is 0 Å². The molecular weight excluding hydrogens is 320 g/mol. The molecule has 0 radical (unpaired) electrons. The van der Waals surface area contributed by atoms with E-state index >= 15 is 0 Å². The van der Waals surface area contributed by atoms with Crippen molar-refractivity contribution >= 4 is 11.8 Å². The SMILES string of the molecule is COc1ccccc1CC(=O)N[C@@H]1CC(=O)N(C)[C@H]1c1ccnn1C. The number of likely N-dealkylation sites (tertiary alicyclic amines) is 1. The van der Waals surface area contributed by atoms with Crippen molar-refractivity contribution in [1.82, 2.24) is 20.0 Å². The molecule has 0 unspecified atom stereocenters. The van der Waals surface area contributed by atoms with E-state index in [1.807, 2.05) is 37.4 Å². The summed E-state index contributed by atoms with van der Waals surface area (Å²) in [4.78, 5) is 26.4. The molecule has 2 atom stereocenters. The third-order valence-corrected chi connectivity index (χ3v) is 4.64. The van der Waals surface area contributed by atoms with E-state index in [1.54, 1.807) is 29.9 Å². The molecule has 132 valence electrons. The van der Waals surface area contributed by atoms with E-state index < -0.39 is 0 Å². The maximum absolute atomic E-state index is 12.5. The fourth-order valence-corrected chi connectivity index (χ4v) is 3.36. The largest absolute Gasteiger partial charge is 0.496 e. The van der Waals surface area contributed by atoms with E-state index in [-0.39, 0.29) is 36.7 Å². The van der Waals surface area contributed by atoms with E-state index in [9.17, 15) is 9.59 Å². The van der Waals surface area contributed by atoms with Crippen LogP contribution in [0.3, 0.4) is 0 Å². The summed E-state index contributed by atoms with van der Waals surface area (Å²) in [6.45, 7) is 0. The molecule has 1 saturated heterocycles. The van der Waals surface area contributed by atoms with Crippen LogP contribution in [0.1, 0.15) is 23.7 Å². The lowest BCUT2D eigenvalue weighted by molar-refractivity contribution is -0.127. The Morgan fingerprint density at radius 3 is 2.76 bits per heavy atom. The third kappa shape index (κ3) is 3.35. The number of rotatable bonds is 5. The lowest BCUT2D eigenvalue weighted by atomic mass is 10.0. The summed E-state index contributed by atoms with van der Waals surface area (Å²) in [5, 5.41) is 7.18. The molecule has 1 aliphatic rings. The smallest absolute Gasteiger partial charge is 0.225 e. The van der Waals surface area contributed by atoms with Crippen molar-refractivity contribution in [2.75, 3.05) is 14.2 Å². The molecule has 2 heterocycles. The molecule has 1 aliphatic heterocycles. The molecule has 0 aliphatic carbocycles. The summed E-state index contributed by atoms with van der Waals surface area (Å²) >= 11 is 0. The van der Waals surface area contributed by atoms with Gasteiger partial charge in [-0.1, -0.05) is 18.2 Å². The number of likely N-dealkylation sites (N-methyl/N-ethyl adjacent to an activating group) is 1. The molecule has 1 aromatic heterocycles. The van der Waals surface area contributed by atoms with Gasteiger partial charge in [0.25, 0.3) is 0 Å². The van der Waals surface area contributed by atoms with E-state index in [4.69, 9.17) is 4.74 Å². The van der Waals surface area contributed by atoms with Crippen LogP contribution in [0.4, 0.5) is 0 Å². The first-order valence-corrected chi connectivity index (χ1v) is 8.16. The summed E-state index contributed by atoms with van der Waals surface area (Å²) in [5.41, 5.74) is 1.72. The number of aryl methyl sites for hydroxylation is 1. The van der Waals surface area contributed by atoms with Gasteiger partial charge in [0.2, 0.25) is 11.8 Å². The zero-order valence-corrected chi connectivity index (χ0v) is 14.6. The molecule has 3 rings (SSSR count). The van der Waals surface area contributed by atoms with E-state index in [0.717, 1.165) is 11.3 Å². The van der Waals surface area contributed by atoms with Gasteiger partial charge in [-0.2, -0.15) is 5.10 Å². The number of benzene rings is 1. The minimum atomic E-state index is -0.282. The Morgan fingerprint density at radius 1 is 1.32 bits per heavy atom.